The van der Waals surface area contributed by atoms with E-state index in [0.29, 0.717) is 23.8 Å². The molecule has 1 saturated heterocycles. The summed E-state index contributed by atoms with van der Waals surface area (Å²) in [6, 6.07) is 8.89. The maximum absolute atomic E-state index is 9.32. The van der Waals surface area contributed by atoms with Crippen molar-refractivity contribution in [2.45, 2.75) is 32.4 Å². The predicted molar refractivity (Wildman–Crippen MR) is 69.8 cm³/mol. The van der Waals surface area contributed by atoms with Gasteiger partial charge in [0, 0.05) is 18.6 Å². The lowest BCUT2D eigenvalue weighted by Gasteiger charge is -2.29. The predicted octanol–water partition coefficient (Wildman–Crippen LogP) is 2.89. The summed E-state index contributed by atoms with van der Waals surface area (Å²) < 4.78 is 0. The van der Waals surface area contributed by atoms with E-state index in [1.165, 1.54) is 24.1 Å². The molecule has 1 aliphatic heterocycles. The van der Waals surface area contributed by atoms with Crippen LogP contribution in [0.3, 0.4) is 0 Å². The van der Waals surface area contributed by atoms with Gasteiger partial charge in [-0.05, 0) is 49.5 Å². The fourth-order valence-corrected chi connectivity index (χ4v) is 3.20. The normalized spacial score (nSPS) is 27.8. The molecule has 2 heteroatoms. The molecule has 1 fully saturated rings. The zero-order valence-corrected chi connectivity index (χ0v) is 10.4. The van der Waals surface area contributed by atoms with Crippen LogP contribution >= 0.6 is 0 Å². The summed E-state index contributed by atoms with van der Waals surface area (Å²) in [5, 5.41) is 9.32. The smallest absolute Gasteiger partial charge is 0.115 e. The zero-order valence-electron chi connectivity index (χ0n) is 10.4. The van der Waals surface area contributed by atoms with Crippen molar-refractivity contribution in [3.05, 3.63) is 35.9 Å². The monoisotopic (exact) mass is 229 g/mol. The molecule has 3 rings (SSSR count). The van der Waals surface area contributed by atoms with Crippen molar-refractivity contribution in [3.63, 3.8) is 0 Å². The quantitative estimate of drug-likeness (QED) is 0.843. The summed E-state index contributed by atoms with van der Waals surface area (Å²) in [5.41, 5.74) is 2.76. The maximum atomic E-state index is 9.32. The average molecular weight is 229 g/mol. The SMILES string of the molecule is CC(C)N1CC2CC1C=C2c1ccc(O)cc1. The van der Waals surface area contributed by atoms with Crippen LogP contribution in [0.25, 0.3) is 5.57 Å². The highest BCUT2D eigenvalue weighted by Gasteiger charge is 2.39. The molecular formula is C15H19NO. The van der Waals surface area contributed by atoms with Crippen LogP contribution in [-0.2, 0) is 0 Å². The lowest BCUT2D eigenvalue weighted by molar-refractivity contribution is 0.227. The first kappa shape index (κ1) is 10.8. The van der Waals surface area contributed by atoms with E-state index in [0.717, 1.165) is 0 Å². The summed E-state index contributed by atoms with van der Waals surface area (Å²) >= 11 is 0. The number of likely N-dealkylation sites (tertiary alicyclic amines) is 1. The molecule has 0 amide bonds. The van der Waals surface area contributed by atoms with Crippen LogP contribution in [0.1, 0.15) is 25.8 Å². The standard InChI is InChI=1S/C15H19NO/c1-10(2)16-9-12-7-13(16)8-15(12)11-3-5-14(17)6-4-11/h3-6,8,10,12-13,17H,7,9H2,1-2H3. The Kier molecular flexibility index (Phi) is 2.48. The van der Waals surface area contributed by atoms with Gasteiger partial charge in [0.2, 0.25) is 0 Å². The van der Waals surface area contributed by atoms with E-state index in [2.05, 4.69) is 24.8 Å². The van der Waals surface area contributed by atoms with Crippen LogP contribution in [-0.4, -0.2) is 28.6 Å². The van der Waals surface area contributed by atoms with Gasteiger partial charge in [-0.2, -0.15) is 0 Å². The van der Waals surface area contributed by atoms with Crippen molar-refractivity contribution < 1.29 is 5.11 Å². The third-order valence-electron chi connectivity index (χ3n) is 4.06. The van der Waals surface area contributed by atoms with Gasteiger partial charge in [0.05, 0.1) is 0 Å². The van der Waals surface area contributed by atoms with E-state index in [1.807, 2.05) is 12.1 Å². The molecule has 2 nitrogen and oxygen atoms in total. The summed E-state index contributed by atoms with van der Waals surface area (Å²) in [6.45, 7) is 5.73. The number of nitrogens with zero attached hydrogens (tertiary/aromatic N) is 1. The van der Waals surface area contributed by atoms with E-state index in [9.17, 15) is 5.11 Å². The molecule has 0 saturated carbocycles. The van der Waals surface area contributed by atoms with E-state index < -0.39 is 0 Å². The molecule has 2 aliphatic rings. The van der Waals surface area contributed by atoms with Crippen LogP contribution in [0.5, 0.6) is 5.75 Å². The van der Waals surface area contributed by atoms with Crippen molar-refractivity contribution in [3.8, 4) is 5.75 Å². The molecule has 1 heterocycles. The molecule has 17 heavy (non-hydrogen) atoms. The van der Waals surface area contributed by atoms with Crippen LogP contribution in [0.4, 0.5) is 0 Å². The van der Waals surface area contributed by atoms with Crippen molar-refractivity contribution in [2.75, 3.05) is 6.54 Å². The van der Waals surface area contributed by atoms with E-state index in [-0.39, 0.29) is 0 Å². The van der Waals surface area contributed by atoms with Crippen LogP contribution in [0.2, 0.25) is 0 Å². The average Bonchev–Trinajstić information content (AvgIpc) is 2.89. The van der Waals surface area contributed by atoms with Gasteiger partial charge < -0.3 is 5.11 Å². The first-order valence-corrected chi connectivity index (χ1v) is 6.42. The van der Waals surface area contributed by atoms with Gasteiger partial charge in [-0.3, -0.25) is 4.90 Å². The third kappa shape index (κ3) is 1.77. The Hall–Kier alpha value is -1.28. The molecule has 0 spiro atoms. The molecule has 1 aromatic rings. The van der Waals surface area contributed by atoms with Gasteiger partial charge in [0.25, 0.3) is 0 Å². The summed E-state index contributed by atoms with van der Waals surface area (Å²) in [6.07, 6.45) is 3.69. The molecule has 1 N–H and O–H groups in total. The fraction of sp³-hybridized carbons (Fsp3) is 0.467. The molecule has 2 bridgehead atoms. The number of benzene rings is 1. The number of phenols is 1. The molecule has 0 aromatic heterocycles. The van der Waals surface area contributed by atoms with E-state index >= 15 is 0 Å². The van der Waals surface area contributed by atoms with Gasteiger partial charge in [-0.1, -0.05) is 18.2 Å². The van der Waals surface area contributed by atoms with Gasteiger partial charge in [-0.25, -0.2) is 0 Å². The van der Waals surface area contributed by atoms with Crippen LogP contribution in [0.15, 0.2) is 30.3 Å². The molecule has 1 aromatic carbocycles. The number of aromatic hydroxyl groups is 1. The first-order chi connectivity index (χ1) is 8.15. The lowest BCUT2D eigenvalue weighted by atomic mass is 9.95. The van der Waals surface area contributed by atoms with Gasteiger partial charge in [0.15, 0.2) is 0 Å². The highest BCUT2D eigenvalue weighted by atomic mass is 16.3. The molecule has 90 valence electrons. The third-order valence-corrected chi connectivity index (χ3v) is 4.06. The Balaban J connectivity index is 1.86. The topological polar surface area (TPSA) is 23.5 Å². The Morgan fingerprint density at radius 3 is 2.47 bits per heavy atom. The number of hydrogen-bond acceptors (Lipinski definition) is 2. The van der Waals surface area contributed by atoms with Gasteiger partial charge in [-0.15, -0.1) is 0 Å². The maximum Gasteiger partial charge on any atom is 0.115 e. The van der Waals surface area contributed by atoms with Gasteiger partial charge in [0.1, 0.15) is 5.75 Å². The minimum atomic E-state index is 0.348. The Labute approximate surface area is 103 Å². The molecule has 0 radical (unpaired) electrons. The second-order valence-corrected chi connectivity index (χ2v) is 5.46. The Morgan fingerprint density at radius 1 is 1.24 bits per heavy atom. The van der Waals surface area contributed by atoms with Gasteiger partial charge >= 0.3 is 0 Å². The highest BCUT2D eigenvalue weighted by Crippen LogP contribution is 2.43. The lowest BCUT2D eigenvalue weighted by Crippen LogP contribution is -2.36. The number of phenolic OH excluding ortho intramolecular Hbond substituents is 1. The molecular weight excluding hydrogens is 210 g/mol. The summed E-state index contributed by atoms with van der Waals surface area (Å²) in [5.74, 6) is 1.04. The largest absolute Gasteiger partial charge is 0.508 e. The summed E-state index contributed by atoms with van der Waals surface area (Å²) in [4.78, 5) is 2.58. The first-order valence-electron chi connectivity index (χ1n) is 6.42. The number of fused-ring (bicyclic) bond motifs is 2. The van der Waals surface area contributed by atoms with Crippen molar-refractivity contribution in [1.82, 2.24) is 4.90 Å². The minimum Gasteiger partial charge on any atom is -0.508 e. The molecule has 2 unspecified atom stereocenters. The second kappa shape index (κ2) is 3.88. The number of hydrogen-bond donors (Lipinski definition) is 1. The van der Waals surface area contributed by atoms with Crippen LogP contribution < -0.4 is 0 Å². The summed E-state index contributed by atoms with van der Waals surface area (Å²) in [7, 11) is 0. The van der Waals surface area contributed by atoms with Crippen molar-refractivity contribution >= 4 is 5.57 Å². The zero-order chi connectivity index (χ0) is 12.0. The molecule has 2 atom stereocenters. The van der Waals surface area contributed by atoms with E-state index in [4.69, 9.17) is 0 Å². The Morgan fingerprint density at radius 2 is 1.94 bits per heavy atom. The Bertz CT molecular complexity index is 446. The van der Waals surface area contributed by atoms with Crippen molar-refractivity contribution in [2.24, 2.45) is 5.92 Å². The highest BCUT2D eigenvalue weighted by molar-refractivity contribution is 5.72. The van der Waals surface area contributed by atoms with Crippen molar-refractivity contribution in [1.29, 1.82) is 0 Å². The molecule has 1 aliphatic carbocycles. The second-order valence-electron chi connectivity index (χ2n) is 5.46. The minimum absolute atomic E-state index is 0.348. The van der Waals surface area contributed by atoms with E-state index in [1.54, 1.807) is 12.1 Å². The number of rotatable bonds is 2. The van der Waals surface area contributed by atoms with Crippen LogP contribution in [0, 0.1) is 5.92 Å². The fourth-order valence-electron chi connectivity index (χ4n) is 3.20.